The molecule has 3 N–H and O–H groups in total. The van der Waals surface area contributed by atoms with E-state index in [0.29, 0.717) is 0 Å². The highest BCUT2D eigenvalue weighted by atomic mass is 14.9. The van der Waals surface area contributed by atoms with Crippen molar-refractivity contribution in [3.8, 4) is 22.6 Å². The van der Waals surface area contributed by atoms with Gasteiger partial charge in [0.1, 0.15) is 5.82 Å². The summed E-state index contributed by atoms with van der Waals surface area (Å²) in [6.45, 7) is 0. The van der Waals surface area contributed by atoms with Crippen LogP contribution in [0.4, 0.5) is 5.69 Å². The molecule has 0 atom stereocenters. The Labute approximate surface area is 127 Å². The largest absolute Gasteiger partial charge is 0.399 e. The Morgan fingerprint density at radius 2 is 1.68 bits per heavy atom. The van der Waals surface area contributed by atoms with Gasteiger partial charge in [0.05, 0.1) is 16.7 Å². The lowest BCUT2D eigenvalue weighted by Crippen LogP contribution is -1.84. The van der Waals surface area contributed by atoms with Crippen LogP contribution in [0.2, 0.25) is 0 Å². The number of aromatic amines is 1. The lowest BCUT2D eigenvalue weighted by atomic mass is 10.1. The van der Waals surface area contributed by atoms with Crippen molar-refractivity contribution in [3.63, 3.8) is 0 Å². The number of hydrogen-bond donors (Lipinski definition) is 2. The molecule has 0 bridgehead atoms. The lowest BCUT2D eigenvalue weighted by Gasteiger charge is -2.01. The molecule has 2 aromatic heterocycles. The van der Waals surface area contributed by atoms with Crippen LogP contribution in [0.5, 0.6) is 0 Å². The smallest absolute Gasteiger partial charge is 0.138 e. The normalized spacial score (nSPS) is 10.9. The Bertz CT molecular complexity index is 924. The number of anilines is 1. The zero-order valence-electron chi connectivity index (χ0n) is 11.8. The van der Waals surface area contributed by atoms with E-state index >= 15 is 0 Å². The van der Waals surface area contributed by atoms with Crippen molar-refractivity contribution in [2.24, 2.45) is 0 Å². The number of H-pyrrole nitrogens is 1. The van der Waals surface area contributed by atoms with Crippen molar-refractivity contribution in [2.75, 3.05) is 5.73 Å². The van der Waals surface area contributed by atoms with Gasteiger partial charge in [-0.25, -0.2) is 4.98 Å². The summed E-state index contributed by atoms with van der Waals surface area (Å²) in [5.74, 6) is 0.841. The second-order valence-electron chi connectivity index (χ2n) is 5.15. The maximum absolute atomic E-state index is 5.80. The van der Waals surface area contributed by atoms with Crippen molar-refractivity contribution in [1.82, 2.24) is 15.0 Å². The van der Waals surface area contributed by atoms with Gasteiger partial charge in [0.25, 0.3) is 0 Å². The minimum atomic E-state index is 0.719. The molecule has 22 heavy (non-hydrogen) atoms. The third-order valence-electron chi connectivity index (χ3n) is 3.63. The molecule has 0 fully saturated rings. The summed E-state index contributed by atoms with van der Waals surface area (Å²) in [5.41, 5.74) is 11.5. The number of aromatic nitrogens is 3. The molecule has 106 valence electrons. The van der Waals surface area contributed by atoms with E-state index in [-0.39, 0.29) is 0 Å². The molecule has 0 saturated carbocycles. The van der Waals surface area contributed by atoms with Gasteiger partial charge in [-0.2, -0.15) is 0 Å². The van der Waals surface area contributed by atoms with E-state index in [2.05, 4.69) is 27.1 Å². The number of nitrogens with two attached hydrogens (primary N) is 1. The van der Waals surface area contributed by atoms with Crippen molar-refractivity contribution >= 4 is 16.7 Å². The molecule has 0 radical (unpaired) electrons. The first-order chi connectivity index (χ1) is 10.8. The van der Waals surface area contributed by atoms with Gasteiger partial charge in [-0.05, 0) is 30.3 Å². The van der Waals surface area contributed by atoms with Crippen LogP contribution in [0.3, 0.4) is 0 Å². The molecule has 4 heteroatoms. The topological polar surface area (TPSA) is 67.6 Å². The Morgan fingerprint density at radius 1 is 0.864 bits per heavy atom. The third-order valence-corrected chi connectivity index (χ3v) is 3.63. The van der Waals surface area contributed by atoms with Gasteiger partial charge in [-0.1, -0.05) is 30.3 Å². The standard InChI is InChI=1S/C18H14N4/c19-14-8-9-16-17(11-14)22-18(21-16)13-6-4-12(5-7-13)15-3-1-2-10-20-15/h1-11H,19H2,(H,21,22). The quantitative estimate of drug-likeness (QED) is 0.550. The molecule has 0 aliphatic heterocycles. The number of nitrogens with one attached hydrogen (secondary N) is 1. The average molecular weight is 286 g/mol. The molecule has 0 aliphatic carbocycles. The molecule has 4 aromatic rings. The summed E-state index contributed by atoms with van der Waals surface area (Å²) in [7, 11) is 0. The summed E-state index contributed by atoms with van der Waals surface area (Å²) in [6.07, 6.45) is 1.80. The van der Waals surface area contributed by atoms with Crippen LogP contribution < -0.4 is 5.73 Å². The van der Waals surface area contributed by atoms with Crippen molar-refractivity contribution in [2.45, 2.75) is 0 Å². The molecule has 0 unspecified atom stereocenters. The van der Waals surface area contributed by atoms with E-state index < -0.39 is 0 Å². The monoisotopic (exact) mass is 286 g/mol. The number of fused-ring (bicyclic) bond motifs is 1. The van der Waals surface area contributed by atoms with Gasteiger partial charge >= 0.3 is 0 Å². The number of pyridine rings is 1. The fourth-order valence-corrected chi connectivity index (χ4v) is 2.49. The van der Waals surface area contributed by atoms with E-state index in [4.69, 9.17) is 5.73 Å². The molecule has 0 amide bonds. The first kappa shape index (κ1) is 12.6. The van der Waals surface area contributed by atoms with Gasteiger partial charge in [0.2, 0.25) is 0 Å². The SMILES string of the molecule is Nc1ccc2[nH]c(-c3ccc(-c4ccccn4)cc3)nc2c1. The first-order valence-corrected chi connectivity index (χ1v) is 7.07. The molecule has 0 aliphatic rings. The van der Waals surface area contributed by atoms with Crippen molar-refractivity contribution in [3.05, 3.63) is 66.9 Å². The highest BCUT2D eigenvalue weighted by Crippen LogP contribution is 2.24. The van der Waals surface area contributed by atoms with E-state index in [1.807, 2.05) is 48.5 Å². The summed E-state index contributed by atoms with van der Waals surface area (Å²) in [4.78, 5) is 12.3. The zero-order valence-corrected chi connectivity index (χ0v) is 11.8. The van der Waals surface area contributed by atoms with Gasteiger partial charge in [0.15, 0.2) is 0 Å². The van der Waals surface area contributed by atoms with Crippen molar-refractivity contribution in [1.29, 1.82) is 0 Å². The van der Waals surface area contributed by atoms with Gasteiger partial charge < -0.3 is 10.7 Å². The van der Waals surface area contributed by atoms with Crippen LogP contribution in [0.15, 0.2) is 66.9 Å². The van der Waals surface area contributed by atoms with E-state index in [1.165, 1.54) is 0 Å². The Morgan fingerprint density at radius 3 is 2.45 bits per heavy atom. The second-order valence-corrected chi connectivity index (χ2v) is 5.15. The number of nitrogen functional groups attached to an aromatic ring is 1. The molecule has 2 aromatic carbocycles. The molecule has 4 rings (SSSR count). The zero-order chi connectivity index (χ0) is 14.9. The van der Waals surface area contributed by atoms with Crippen LogP contribution >= 0.6 is 0 Å². The summed E-state index contributed by atoms with van der Waals surface area (Å²) in [5, 5.41) is 0. The van der Waals surface area contributed by atoms with Crippen LogP contribution in [-0.2, 0) is 0 Å². The fourth-order valence-electron chi connectivity index (χ4n) is 2.49. The van der Waals surface area contributed by atoms with E-state index in [0.717, 1.165) is 39.4 Å². The van der Waals surface area contributed by atoms with E-state index in [1.54, 1.807) is 6.20 Å². The highest BCUT2D eigenvalue weighted by Gasteiger charge is 2.06. The predicted molar refractivity (Wildman–Crippen MR) is 89.2 cm³/mol. The molecular weight excluding hydrogens is 272 g/mol. The van der Waals surface area contributed by atoms with E-state index in [9.17, 15) is 0 Å². The van der Waals surface area contributed by atoms with Gasteiger partial charge in [-0.3, -0.25) is 4.98 Å². The van der Waals surface area contributed by atoms with Crippen LogP contribution in [0.1, 0.15) is 0 Å². The highest BCUT2D eigenvalue weighted by molar-refractivity contribution is 5.82. The maximum atomic E-state index is 5.80. The number of nitrogens with zero attached hydrogens (tertiary/aromatic N) is 2. The average Bonchev–Trinajstić information content (AvgIpc) is 2.99. The Hall–Kier alpha value is -3.14. The number of rotatable bonds is 2. The minimum Gasteiger partial charge on any atom is -0.399 e. The number of benzene rings is 2. The maximum Gasteiger partial charge on any atom is 0.138 e. The van der Waals surface area contributed by atoms with Crippen LogP contribution in [0.25, 0.3) is 33.7 Å². The molecular formula is C18H14N4. The van der Waals surface area contributed by atoms with Crippen LogP contribution in [-0.4, -0.2) is 15.0 Å². The number of hydrogen-bond acceptors (Lipinski definition) is 3. The second kappa shape index (κ2) is 5.00. The summed E-state index contributed by atoms with van der Waals surface area (Å²) < 4.78 is 0. The first-order valence-electron chi connectivity index (χ1n) is 7.07. The Kier molecular flexibility index (Phi) is 2.86. The van der Waals surface area contributed by atoms with Gasteiger partial charge in [-0.15, -0.1) is 0 Å². The number of imidazole rings is 1. The Balaban J connectivity index is 1.73. The lowest BCUT2D eigenvalue weighted by molar-refractivity contribution is 1.31. The fraction of sp³-hybridized carbons (Fsp3) is 0. The predicted octanol–water partition coefficient (Wildman–Crippen LogP) is 3.87. The molecule has 4 nitrogen and oxygen atoms in total. The summed E-state index contributed by atoms with van der Waals surface area (Å²) >= 11 is 0. The molecule has 0 saturated heterocycles. The van der Waals surface area contributed by atoms with Crippen LogP contribution in [0, 0.1) is 0 Å². The minimum absolute atomic E-state index is 0.719. The summed E-state index contributed by atoms with van der Waals surface area (Å²) in [6, 6.07) is 19.8. The molecule has 2 heterocycles. The third kappa shape index (κ3) is 2.20. The molecule has 0 spiro atoms. The van der Waals surface area contributed by atoms with Gasteiger partial charge in [0, 0.05) is 23.0 Å². The van der Waals surface area contributed by atoms with Crippen molar-refractivity contribution < 1.29 is 0 Å².